The van der Waals surface area contributed by atoms with Crippen LogP contribution in [-0.4, -0.2) is 28.9 Å². The Labute approximate surface area is 127 Å². The third-order valence-corrected chi connectivity index (χ3v) is 4.27. The zero-order chi connectivity index (χ0) is 14.9. The van der Waals surface area contributed by atoms with Crippen molar-refractivity contribution >= 4 is 6.01 Å². The number of rotatable bonds is 5. The van der Waals surface area contributed by atoms with Crippen LogP contribution in [0.15, 0.2) is 28.8 Å². The molecule has 1 aliphatic heterocycles. The molecule has 22 heavy (non-hydrogen) atoms. The van der Waals surface area contributed by atoms with Gasteiger partial charge >= 0.3 is 6.01 Å². The van der Waals surface area contributed by atoms with Gasteiger partial charge in [-0.1, -0.05) is 17.3 Å². The fourth-order valence-electron chi connectivity index (χ4n) is 2.98. The van der Waals surface area contributed by atoms with E-state index >= 15 is 0 Å². The minimum Gasteiger partial charge on any atom is -0.376 e. The summed E-state index contributed by atoms with van der Waals surface area (Å²) in [5.41, 5.74) is 0.953. The maximum atomic E-state index is 12.9. The van der Waals surface area contributed by atoms with E-state index in [-0.39, 0.29) is 18.0 Å². The van der Waals surface area contributed by atoms with Crippen LogP contribution >= 0.6 is 0 Å². The summed E-state index contributed by atoms with van der Waals surface area (Å²) < 4.78 is 23.9. The molecule has 1 saturated carbocycles. The molecule has 6 heteroatoms. The van der Waals surface area contributed by atoms with Gasteiger partial charge in [-0.05, 0) is 42.9 Å². The quantitative estimate of drug-likeness (QED) is 0.920. The Morgan fingerprint density at radius 2 is 2.00 bits per heavy atom. The average molecular weight is 303 g/mol. The van der Waals surface area contributed by atoms with E-state index < -0.39 is 0 Å². The molecule has 2 aromatic rings. The summed E-state index contributed by atoms with van der Waals surface area (Å²) in [7, 11) is 0. The molecular weight excluding hydrogens is 285 g/mol. The van der Waals surface area contributed by atoms with E-state index in [1.165, 1.54) is 25.0 Å². The highest BCUT2D eigenvalue weighted by Gasteiger charge is 2.41. The van der Waals surface area contributed by atoms with Crippen molar-refractivity contribution in [1.82, 2.24) is 10.1 Å². The van der Waals surface area contributed by atoms with Crippen molar-refractivity contribution in [2.45, 2.75) is 37.8 Å². The van der Waals surface area contributed by atoms with E-state index in [9.17, 15) is 4.39 Å². The Hall–Kier alpha value is -1.95. The van der Waals surface area contributed by atoms with Gasteiger partial charge in [0, 0.05) is 13.0 Å². The molecule has 116 valence electrons. The Bertz CT molecular complexity index is 639. The molecule has 0 bridgehead atoms. The van der Waals surface area contributed by atoms with Crippen LogP contribution in [0, 0.1) is 11.7 Å². The van der Waals surface area contributed by atoms with E-state index in [2.05, 4.69) is 15.5 Å². The molecule has 1 N–H and O–H groups in total. The molecular formula is C16H18FN3O2. The van der Waals surface area contributed by atoms with Crippen molar-refractivity contribution in [3.8, 4) is 0 Å². The molecule has 0 amide bonds. The summed E-state index contributed by atoms with van der Waals surface area (Å²) in [6.45, 7) is 0.787. The molecule has 0 unspecified atom stereocenters. The first-order valence-electron chi connectivity index (χ1n) is 7.73. The molecule has 0 radical (unpaired) electrons. The highest BCUT2D eigenvalue weighted by atomic mass is 19.1. The van der Waals surface area contributed by atoms with Crippen molar-refractivity contribution in [3.63, 3.8) is 0 Å². The fourth-order valence-corrected chi connectivity index (χ4v) is 2.98. The van der Waals surface area contributed by atoms with E-state index in [0.717, 1.165) is 18.6 Å². The molecule has 1 saturated heterocycles. The average Bonchev–Trinajstić information content (AvgIpc) is 3.10. The number of aromatic nitrogens is 2. The van der Waals surface area contributed by atoms with Crippen molar-refractivity contribution in [1.29, 1.82) is 0 Å². The lowest BCUT2D eigenvalue weighted by molar-refractivity contribution is 0.0894. The highest BCUT2D eigenvalue weighted by Crippen LogP contribution is 2.39. The van der Waals surface area contributed by atoms with Gasteiger partial charge < -0.3 is 14.6 Å². The molecule has 1 aliphatic carbocycles. The van der Waals surface area contributed by atoms with Gasteiger partial charge in [-0.25, -0.2) is 4.39 Å². The highest BCUT2D eigenvalue weighted by molar-refractivity contribution is 5.25. The number of hydrogen-bond donors (Lipinski definition) is 1. The summed E-state index contributed by atoms with van der Waals surface area (Å²) >= 11 is 0. The molecule has 1 aromatic heterocycles. The zero-order valence-electron chi connectivity index (χ0n) is 12.2. The Morgan fingerprint density at radius 3 is 2.77 bits per heavy atom. The normalized spacial score (nSPS) is 24.6. The van der Waals surface area contributed by atoms with Crippen LogP contribution in [0.3, 0.4) is 0 Å². The van der Waals surface area contributed by atoms with Gasteiger partial charge in [-0.15, -0.1) is 0 Å². The second-order valence-electron chi connectivity index (χ2n) is 6.03. The van der Waals surface area contributed by atoms with Crippen LogP contribution in [0.25, 0.3) is 0 Å². The lowest BCUT2D eigenvalue weighted by Crippen LogP contribution is -2.31. The summed E-state index contributed by atoms with van der Waals surface area (Å²) in [4.78, 5) is 4.37. The first-order valence-corrected chi connectivity index (χ1v) is 7.73. The van der Waals surface area contributed by atoms with E-state index in [4.69, 9.17) is 9.26 Å². The predicted octanol–water partition coefficient (Wildman–Crippen LogP) is 2.78. The second-order valence-corrected chi connectivity index (χ2v) is 6.03. The summed E-state index contributed by atoms with van der Waals surface area (Å²) in [5.74, 6) is 1.03. The Morgan fingerprint density at radius 1 is 1.18 bits per heavy atom. The number of hydrogen-bond acceptors (Lipinski definition) is 5. The smallest absolute Gasteiger partial charge is 0.321 e. The minimum absolute atomic E-state index is 0.244. The van der Waals surface area contributed by atoms with Crippen molar-refractivity contribution in [3.05, 3.63) is 41.5 Å². The van der Waals surface area contributed by atoms with E-state index in [1.807, 2.05) is 0 Å². The molecule has 4 rings (SSSR count). The number of anilines is 1. The Balaban J connectivity index is 1.39. The molecule has 2 atom stereocenters. The number of halogens is 1. The van der Waals surface area contributed by atoms with Crippen LogP contribution in [0.1, 0.15) is 30.7 Å². The number of nitrogens with one attached hydrogen (secondary N) is 1. The molecule has 2 aliphatic rings. The number of nitrogens with zero attached hydrogens (tertiary/aromatic N) is 2. The summed E-state index contributed by atoms with van der Waals surface area (Å²) in [6.07, 6.45) is 4.27. The van der Waals surface area contributed by atoms with Crippen LogP contribution in [0.2, 0.25) is 0 Å². The van der Waals surface area contributed by atoms with Gasteiger partial charge in [0.05, 0.1) is 12.1 Å². The summed E-state index contributed by atoms with van der Waals surface area (Å²) in [6, 6.07) is 7.03. The third kappa shape index (κ3) is 2.97. The predicted molar refractivity (Wildman–Crippen MR) is 78.0 cm³/mol. The van der Waals surface area contributed by atoms with Crippen LogP contribution in [0.5, 0.6) is 0 Å². The maximum Gasteiger partial charge on any atom is 0.321 e. The summed E-state index contributed by atoms with van der Waals surface area (Å²) in [5, 5.41) is 7.28. The first kappa shape index (κ1) is 13.7. The SMILES string of the molecule is Fc1ccc(Cc2noc(N[C@@H]3CCO[C@@H]3C3CC3)n2)cc1. The Kier molecular flexibility index (Phi) is 3.54. The van der Waals surface area contributed by atoms with Crippen LogP contribution in [-0.2, 0) is 11.2 Å². The third-order valence-electron chi connectivity index (χ3n) is 4.27. The molecule has 2 fully saturated rings. The first-order chi connectivity index (χ1) is 10.8. The maximum absolute atomic E-state index is 12.9. The molecule has 2 heterocycles. The zero-order valence-corrected chi connectivity index (χ0v) is 12.2. The monoisotopic (exact) mass is 303 g/mol. The van der Waals surface area contributed by atoms with Gasteiger partial charge in [0.2, 0.25) is 0 Å². The van der Waals surface area contributed by atoms with Crippen molar-refractivity contribution in [2.24, 2.45) is 5.92 Å². The second kappa shape index (κ2) is 5.68. The standard InChI is InChI=1S/C16H18FN3O2/c17-12-5-1-10(2-6-12)9-14-19-16(22-20-14)18-13-7-8-21-15(13)11-3-4-11/h1-2,5-6,11,13,15H,3-4,7-9H2,(H,18,19,20)/t13-,15-/m1/s1. The van der Waals surface area contributed by atoms with E-state index in [1.54, 1.807) is 12.1 Å². The number of ether oxygens (including phenoxy) is 1. The molecule has 1 aromatic carbocycles. The van der Waals surface area contributed by atoms with Gasteiger partial charge in [0.1, 0.15) is 5.82 Å². The lowest BCUT2D eigenvalue weighted by Gasteiger charge is -2.17. The van der Waals surface area contributed by atoms with Crippen LogP contribution < -0.4 is 5.32 Å². The minimum atomic E-state index is -0.244. The van der Waals surface area contributed by atoms with Crippen molar-refractivity contribution in [2.75, 3.05) is 11.9 Å². The van der Waals surface area contributed by atoms with Gasteiger partial charge in [0.15, 0.2) is 5.82 Å². The van der Waals surface area contributed by atoms with E-state index in [0.29, 0.717) is 24.2 Å². The largest absolute Gasteiger partial charge is 0.376 e. The topological polar surface area (TPSA) is 60.2 Å². The number of benzene rings is 1. The lowest BCUT2D eigenvalue weighted by atomic mass is 10.1. The molecule has 0 spiro atoms. The van der Waals surface area contributed by atoms with Gasteiger partial charge in [0.25, 0.3) is 0 Å². The van der Waals surface area contributed by atoms with Gasteiger partial charge in [-0.2, -0.15) is 4.98 Å². The molecule has 5 nitrogen and oxygen atoms in total. The van der Waals surface area contributed by atoms with Crippen LogP contribution in [0.4, 0.5) is 10.4 Å². The fraction of sp³-hybridized carbons (Fsp3) is 0.500. The van der Waals surface area contributed by atoms with Crippen molar-refractivity contribution < 1.29 is 13.7 Å². The van der Waals surface area contributed by atoms with Gasteiger partial charge in [-0.3, -0.25) is 0 Å².